The lowest BCUT2D eigenvalue weighted by Gasteiger charge is -1.98. The Morgan fingerprint density at radius 3 is 3.08 bits per heavy atom. The second-order valence-corrected chi connectivity index (χ2v) is 2.21. The highest BCUT2D eigenvalue weighted by Gasteiger charge is 1.93. The molecule has 5 nitrogen and oxygen atoms in total. The van der Waals surface area contributed by atoms with Crippen molar-refractivity contribution in [1.29, 1.82) is 0 Å². The maximum Gasteiger partial charge on any atom is 0.133 e. The van der Waals surface area contributed by atoms with Gasteiger partial charge in [0.1, 0.15) is 12.1 Å². The molecule has 2 heterocycles. The first-order valence-electron chi connectivity index (χ1n) is 3.47. The van der Waals surface area contributed by atoms with Gasteiger partial charge in [0.25, 0.3) is 0 Å². The fourth-order valence-corrected chi connectivity index (χ4v) is 0.832. The van der Waals surface area contributed by atoms with E-state index in [0.29, 0.717) is 0 Å². The van der Waals surface area contributed by atoms with E-state index in [1.165, 1.54) is 6.33 Å². The number of rotatable bonds is 2. The highest BCUT2D eigenvalue weighted by molar-refractivity contribution is 5.52. The van der Waals surface area contributed by atoms with Gasteiger partial charge in [-0.1, -0.05) is 0 Å². The third-order valence-corrected chi connectivity index (χ3v) is 1.35. The summed E-state index contributed by atoms with van der Waals surface area (Å²) in [5.41, 5.74) is 0.883. The van der Waals surface area contributed by atoms with E-state index in [2.05, 4.69) is 25.5 Å². The summed E-state index contributed by atoms with van der Waals surface area (Å²) in [6, 6.07) is 1.78. The largest absolute Gasteiger partial charge is 0.338 e. The van der Waals surface area contributed by atoms with E-state index in [1.807, 2.05) is 0 Å². The molecule has 0 aliphatic carbocycles. The van der Waals surface area contributed by atoms with Gasteiger partial charge in [-0.25, -0.2) is 9.97 Å². The molecule has 12 heavy (non-hydrogen) atoms. The third kappa shape index (κ3) is 1.39. The van der Waals surface area contributed by atoms with E-state index in [-0.39, 0.29) is 0 Å². The average molecular weight is 161 g/mol. The fraction of sp³-hybridized carbons (Fsp3) is 0. The van der Waals surface area contributed by atoms with Crippen molar-refractivity contribution < 1.29 is 0 Å². The number of nitrogens with one attached hydrogen (secondary N) is 2. The minimum atomic E-state index is 0.756. The van der Waals surface area contributed by atoms with Crippen molar-refractivity contribution in [3.05, 3.63) is 31.0 Å². The standard InChI is InChI=1S/C7H7N5/c1-2-8-5-9-7(1)12-6-3-10-11-4-6/h1-5H,(H,10,11)(H,8,9,12). The van der Waals surface area contributed by atoms with E-state index in [4.69, 9.17) is 0 Å². The molecule has 0 atom stereocenters. The molecular weight excluding hydrogens is 154 g/mol. The quantitative estimate of drug-likeness (QED) is 0.688. The minimum absolute atomic E-state index is 0.756. The predicted octanol–water partition coefficient (Wildman–Crippen LogP) is 0.943. The summed E-state index contributed by atoms with van der Waals surface area (Å²) in [5.74, 6) is 0.756. The van der Waals surface area contributed by atoms with Crippen molar-refractivity contribution >= 4 is 11.5 Å². The Bertz CT molecular complexity index is 328. The summed E-state index contributed by atoms with van der Waals surface area (Å²) in [6.07, 6.45) is 6.60. The van der Waals surface area contributed by atoms with Gasteiger partial charge in [0, 0.05) is 12.4 Å². The number of nitrogens with zero attached hydrogens (tertiary/aromatic N) is 3. The number of H-pyrrole nitrogens is 1. The first kappa shape index (κ1) is 6.78. The summed E-state index contributed by atoms with van der Waals surface area (Å²) in [5, 5.41) is 9.52. The molecule has 0 aliphatic rings. The van der Waals surface area contributed by atoms with Gasteiger partial charge in [-0.2, -0.15) is 5.10 Å². The third-order valence-electron chi connectivity index (χ3n) is 1.35. The number of anilines is 2. The molecule has 0 aliphatic heterocycles. The molecule has 0 fully saturated rings. The Kier molecular flexibility index (Phi) is 1.69. The molecular formula is C7H7N5. The topological polar surface area (TPSA) is 66.5 Å². The Morgan fingerprint density at radius 2 is 2.42 bits per heavy atom. The molecule has 0 amide bonds. The molecule has 60 valence electrons. The maximum absolute atomic E-state index is 3.99. The van der Waals surface area contributed by atoms with E-state index in [1.54, 1.807) is 24.7 Å². The molecule has 2 N–H and O–H groups in total. The van der Waals surface area contributed by atoms with Gasteiger partial charge < -0.3 is 5.32 Å². The van der Waals surface area contributed by atoms with E-state index in [9.17, 15) is 0 Å². The molecule has 0 bridgehead atoms. The lowest BCUT2D eigenvalue weighted by Crippen LogP contribution is -1.91. The molecule has 0 spiro atoms. The van der Waals surface area contributed by atoms with E-state index < -0.39 is 0 Å². The molecule has 2 aromatic rings. The summed E-state index contributed by atoms with van der Waals surface area (Å²) in [4.78, 5) is 7.79. The minimum Gasteiger partial charge on any atom is -0.338 e. The van der Waals surface area contributed by atoms with Gasteiger partial charge >= 0.3 is 0 Å². The summed E-state index contributed by atoms with van der Waals surface area (Å²) in [7, 11) is 0. The SMILES string of the molecule is c1cc(Nc2cn[nH]c2)ncn1. The highest BCUT2D eigenvalue weighted by Crippen LogP contribution is 2.09. The average Bonchev–Trinajstić information content (AvgIpc) is 2.59. The smallest absolute Gasteiger partial charge is 0.133 e. The lowest BCUT2D eigenvalue weighted by molar-refractivity contribution is 1.09. The van der Waals surface area contributed by atoms with Crippen molar-refractivity contribution in [2.24, 2.45) is 0 Å². The van der Waals surface area contributed by atoms with Crippen molar-refractivity contribution in [2.75, 3.05) is 5.32 Å². The molecule has 5 heteroatoms. The number of hydrogen-bond acceptors (Lipinski definition) is 4. The van der Waals surface area contributed by atoms with Crippen LogP contribution >= 0.6 is 0 Å². The van der Waals surface area contributed by atoms with Crippen LogP contribution in [0.3, 0.4) is 0 Å². The van der Waals surface area contributed by atoms with Crippen molar-refractivity contribution in [3.8, 4) is 0 Å². The summed E-state index contributed by atoms with van der Waals surface area (Å²) >= 11 is 0. The van der Waals surface area contributed by atoms with Crippen LogP contribution in [-0.2, 0) is 0 Å². The van der Waals surface area contributed by atoms with Crippen LogP contribution in [0, 0.1) is 0 Å². The number of hydrogen-bond donors (Lipinski definition) is 2. The van der Waals surface area contributed by atoms with Gasteiger partial charge in [-0.3, -0.25) is 5.10 Å². The van der Waals surface area contributed by atoms with Crippen molar-refractivity contribution in [3.63, 3.8) is 0 Å². The maximum atomic E-state index is 3.99. The van der Waals surface area contributed by atoms with Crippen LogP contribution in [0.4, 0.5) is 11.5 Å². The van der Waals surface area contributed by atoms with Crippen LogP contribution in [0.2, 0.25) is 0 Å². The van der Waals surface area contributed by atoms with Crippen LogP contribution in [0.5, 0.6) is 0 Å². The number of aromatic amines is 1. The predicted molar refractivity (Wildman–Crippen MR) is 43.9 cm³/mol. The van der Waals surface area contributed by atoms with Crippen LogP contribution in [0.25, 0.3) is 0 Å². The summed E-state index contributed by atoms with van der Waals surface area (Å²) < 4.78 is 0. The Hall–Kier alpha value is -1.91. The second-order valence-electron chi connectivity index (χ2n) is 2.21. The molecule has 0 aromatic carbocycles. The van der Waals surface area contributed by atoms with Crippen LogP contribution in [0.15, 0.2) is 31.0 Å². The first-order chi connectivity index (χ1) is 5.95. The molecule has 0 saturated heterocycles. The monoisotopic (exact) mass is 161 g/mol. The van der Waals surface area contributed by atoms with Gasteiger partial charge in [-0.15, -0.1) is 0 Å². The zero-order valence-electron chi connectivity index (χ0n) is 6.23. The van der Waals surface area contributed by atoms with E-state index >= 15 is 0 Å². The second kappa shape index (κ2) is 3.00. The van der Waals surface area contributed by atoms with Crippen molar-refractivity contribution in [1.82, 2.24) is 20.2 Å². The number of aromatic nitrogens is 4. The molecule has 0 unspecified atom stereocenters. The molecule has 2 rings (SSSR count). The van der Waals surface area contributed by atoms with Gasteiger partial charge in [-0.05, 0) is 6.07 Å². The van der Waals surface area contributed by atoms with Crippen LogP contribution in [0.1, 0.15) is 0 Å². The zero-order chi connectivity index (χ0) is 8.23. The molecule has 0 radical (unpaired) electrons. The van der Waals surface area contributed by atoms with Gasteiger partial charge in [0.05, 0.1) is 11.9 Å². The highest BCUT2D eigenvalue weighted by atomic mass is 15.1. The Labute approximate surface area is 68.9 Å². The molecule has 2 aromatic heterocycles. The molecule has 0 saturated carbocycles. The Morgan fingerprint density at radius 1 is 1.42 bits per heavy atom. The van der Waals surface area contributed by atoms with Gasteiger partial charge in [0.15, 0.2) is 0 Å². The normalized spacial score (nSPS) is 9.67. The van der Waals surface area contributed by atoms with Crippen LogP contribution < -0.4 is 5.32 Å². The lowest BCUT2D eigenvalue weighted by atomic mass is 10.5. The first-order valence-corrected chi connectivity index (χ1v) is 3.47. The van der Waals surface area contributed by atoms with Crippen molar-refractivity contribution in [2.45, 2.75) is 0 Å². The van der Waals surface area contributed by atoms with Gasteiger partial charge in [0.2, 0.25) is 0 Å². The summed E-state index contributed by atoms with van der Waals surface area (Å²) in [6.45, 7) is 0. The van der Waals surface area contributed by atoms with Crippen LogP contribution in [-0.4, -0.2) is 20.2 Å². The Balaban J connectivity index is 2.15. The fourth-order valence-electron chi connectivity index (χ4n) is 0.832. The zero-order valence-corrected chi connectivity index (χ0v) is 6.23. The van der Waals surface area contributed by atoms with E-state index in [0.717, 1.165) is 11.5 Å².